The molecule has 13 rings (SSSR count). The van der Waals surface area contributed by atoms with Gasteiger partial charge in [-0.3, -0.25) is 0 Å². The van der Waals surface area contributed by atoms with E-state index in [0.29, 0.717) is 0 Å². The number of para-hydroxylation sites is 1. The first-order valence-electron chi connectivity index (χ1n) is 25.2. The molecule has 0 saturated carbocycles. The maximum absolute atomic E-state index is 6.51. The van der Waals surface area contributed by atoms with E-state index in [0.717, 1.165) is 61.3 Å². The lowest BCUT2D eigenvalue weighted by atomic mass is 9.74. The SMILES string of the molecule is CC(C)(C)c1ccc(-c2ccc(N(c3ccc4c(c3)-c3ccccc3C4(C)c3ccccc3)c3ccc4ccccc4c3-c3ccccc3-c3cccc4oc5ccccc5c34)cc2-c2ccccc2)cc1. The summed E-state index contributed by atoms with van der Waals surface area (Å²) in [6, 6.07) is 91.7. The van der Waals surface area contributed by atoms with Crippen LogP contribution >= 0.6 is 0 Å². The molecule has 0 aliphatic heterocycles. The molecule has 344 valence electrons. The van der Waals surface area contributed by atoms with E-state index in [-0.39, 0.29) is 10.8 Å². The van der Waals surface area contributed by atoms with Gasteiger partial charge in [-0.1, -0.05) is 227 Å². The topological polar surface area (TPSA) is 16.4 Å². The highest BCUT2D eigenvalue weighted by molar-refractivity contribution is 6.16. The molecule has 1 aliphatic carbocycles. The molecule has 0 N–H and O–H groups in total. The van der Waals surface area contributed by atoms with Gasteiger partial charge in [-0.15, -0.1) is 0 Å². The predicted octanol–water partition coefficient (Wildman–Crippen LogP) is 19.5. The Morgan fingerprint density at radius 2 is 0.972 bits per heavy atom. The van der Waals surface area contributed by atoms with Crippen molar-refractivity contribution in [2.24, 2.45) is 0 Å². The lowest BCUT2D eigenvalue weighted by Gasteiger charge is -2.31. The molecule has 12 aromatic rings. The molecular weight excluding hydrogens is 871 g/mol. The summed E-state index contributed by atoms with van der Waals surface area (Å²) in [5, 5.41) is 4.59. The second-order valence-corrected chi connectivity index (χ2v) is 20.5. The van der Waals surface area contributed by atoms with Gasteiger partial charge >= 0.3 is 0 Å². The summed E-state index contributed by atoms with van der Waals surface area (Å²) in [6.45, 7) is 9.23. The molecule has 0 spiro atoms. The second kappa shape index (κ2) is 17.0. The standard InChI is InChI=1S/C70H53NO/c1-69(2,3)49-37-34-48(35-38-49)53-41-39-51(44-60(53)46-20-7-5-8-21-46)71(52-40-42-63-61(45-52)56-27-15-17-31-62(56)70(63,4)50-23-9-6-10-24-50)64-43-36-47-22-11-12-25-54(47)67(64)57-28-14-13-26-55(57)58-30-19-33-66-68(58)59-29-16-18-32-65(59)72-66/h5-45H,1-4H3. The minimum Gasteiger partial charge on any atom is -0.456 e. The van der Waals surface area contributed by atoms with Crippen LogP contribution in [0.3, 0.4) is 0 Å². The van der Waals surface area contributed by atoms with Crippen LogP contribution in [0.15, 0.2) is 253 Å². The fourth-order valence-electron chi connectivity index (χ4n) is 11.7. The molecule has 0 radical (unpaired) electrons. The van der Waals surface area contributed by atoms with Crippen LogP contribution < -0.4 is 4.90 Å². The number of anilines is 3. The Kier molecular flexibility index (Phi) is 10.2. The molecule has 1 heterocycles. The number of hydrogen-bond donors (Lipinski definition) is 0. The summed E-state index contributed by atoms with van der Waals surface area (Å²) in [6.07, 6.45) is 0. The van der Waals surface area contributed by atoms with Crippen molar-refractivity contribution in [3.63, 3.8) is 0 Å². The third kappa shape index (κ3) is 7.01. The summed E-state index contributed by atoms with van der Waals surface area (Å²) >= 11 is 0. The van der Waals surface area contributed by atoms with Crippen molar-refractivity contribution >= 4 is 49.8 Å². The monoisotopic (exact) mass is 923 g/mol. The van der Waals surface area contributed by atoms with Gasteiger partial charge in [0.15, 0.2) is 0 Å². The molecule has 11 aromatic carbocycles. The van der Waals surface area contributed by atoms with Crippen molar-refractivity contribution in [1.29, 1.82) is 0 Å². The van der Waals surface area contributed by atoms with Crippen LogP contribution in [0.4, 0.5) is 17.1 Å². The summed E-state index contributed by atoms with van der Waals surface area (Å²) in [4.78, 5) is 2.52. The van der Waals surface area contributed by atoms with E-state index in [9.17, 15) is 0 Å². The Bertz CT molecular complexity index is 4030. The Morgan fingerprint density at radius 3 is 1.75 bits per heavy atom. The Morgan fingerprint density at radius 1 is 0.389 bits per heavy atom. The van der Waals surface area contributed by atoms with Gasteiger partial charge in [0, 0.05) is 33.1 Å². The van der Waals surface area contributed by atoms with E-state index in [1.165, 1.54) is 66.4 Å². The summed E-state index contributed by atoms with van der Waals surface area (Å²) in [7, 11) is 0. The quantitative estimate of drug-likeness (QED) is 0.151. The fourth-order valence-corrected chi connectivity index (χ4v) is 11.7. The maximum Gasteiger partial charge on any atom is 0.136 e. The molecular formula is C70H53NO. The lowest BCUT2D eigenvalue weighted by molar-refractivity contribution is 0.590. The van der Waals surface area contributed by atoms with Gasteiger partial charge in [0.05, 0.1) is 5.69 Å². The van der Waals surface area contributed by atoms with Crippen LogP contribution in [0.1, 0.15) is 49.9 Å². The van der Waals surface area contributed by atoms with Gasteiger partial charge in [0.1, 0.15) is 11.2 Å². The molecule has 0 fully saturated rings. The van der Waals surface area contributed by atoms with E-state index in [2.05, 4.69) is 275 Å². The van der Waals surface area contributed by atoms with E-state index in [4.69, 9.17) is 4.42 Å². The predicted molar refractivity (Wildman–Crippen MR) is 304 cm³/mol. The average Bonchev–Trinajstić information content (AvgIpc) is 3.94. The molecule has 72 heavy (non-hydrogen) atoms. The number of hydrogen-bond acceptors (Lipinski definition) is 2. The van der Waals surface area contributed by atoms with Crippen LogP contribution in [0.2, 0.25) is 0 Å². The molecule has 0 bridgehead atoms. The molecule has 1 aromatic heterocycles. The Balaban J connectivity index is 1.10. The van der Waals surface area contributed by atoms with Gasteiger partial charge in [0.2, 0.25) is 0 Å². The van der Waals surface area contributed by atoms with E-state index < -0.39 is 0 Å². The van der Waals surface area contributed by atoms with Crippen molar-refractivity contribution < 1.29 is 4.42 Å². The van der Waals surface area contributed by atoms with Crippen LogP contribution in [-0.2, 0) is 10.8 Å². The van der Waals surface area contributed by atoms with Gasteiger partial charge in [0.25, 0.3) is 0 Å². The van der Waals surface area contributed by atoms with Crippen LogP contribution in [0.25, 0.3) is 88.3 Å². The zero-order chi connectivity index (χ0) is 48.6. The zero-order valence-electron chi connectivity index (χ0n) is 41.0. The smallest absolute Gasteiger partial charge is 0.136 e. The molecule has 0 saturated heterocycles. The molecule has 2 heteroatoms. The minimum absolute atomic E-state index is 0.0507. The molecule has 0 amide bonds. The largest absolute Gasteiger partial charge is 0.456 e. The third-order valence-corrected chi connectivity index (χ3v) is 15.4. The summed E-state index contributed by atoms with van der Waals surface area (Å²) < 4.78 is 6.51. The first-order valence-corrected chi connectivity index (χ1v) is 25.2. The Hall–Kier alpha value is -8.72. The fraction of sp³-hybridized carbons (Fsp3) is 0.0857. The van der Waals surface area contributed by atoms with E-state index >= 15 is 0 Å². The third-order valence-electron chi connectivity index (χ3n) is 15.4. The van der Waals surface area contributed by atoms with Gasteiger partial charge in [-0.05, 0) is 138 Å². The number of rotatable bonds is 8. The van der Waals surface area contributed by atoms with E-state index in [1.807, 2.05) is 6.07 Å². The second-order valence-electron chi connectivity index (χ2n) is 20.5. The number of furan rings is 1. The normalized spacial score (nSPS) is 14.2. The molecule has 1 atom stereocenters. The van der Waals surface area contributed by atoms with Crippen LogP contribution in [0.5, 0.6) is 0 Å². The van der Waals surface area contributed by atoms with Crippen LogP contribution in [0, 0.1) is 0 Å². The number of benzene rings is 11. The molecule has 1 unspecified atom stereocenters. The van der Waals surface area contributed by atoms with Crippen molar-refractivity contribution in [2.75, 3.05) is 4.90 Å². The zero-order valence-corrected chi connectivity index (χ0v) is 41.0. The first-order chi connectivity index (χ1) is 35.2. The van der Waals surface area contributed by atoms with Gasteiger partial charge in [-0.25, -0.2) is 0 Å². The van der Waals surface area contributed by atoms with Crippen LogP contribution in [-0.4, -0.2) is 0 Å². The molecule has 2 nitrogen and oxygen atoms in total. The van der Waals surface area contributed by atoms with Gasteiger partial charge in [-0.2, -0.15) is 0 Å². The van der Waals surface area contributed by atoms with E-state index in [1.54, 1.807) is 0 Å². The maximum atomic E-state index is 6.51. The van der Waals surface area contributed by atoms with Crippen molar-refractivity contribution in [3.8, 4) is 55.6 Å². The minimum atomic E-state index is -0.327. The average molecular weight is 924 g/mol. The highest BCUT2D eigenvalue weighted by Crippen LogP contribution is 2.55. The van der Waals surface area contributed by atoms with Crippen molar-refractivity contribution in [3.05, 3.63) is 271 Å². The Labute approximate surface area is 422 Å². The van der Waals surface area contributed by atoms with Crippen molar-refractivity contribution in [1.82, 2.24) is 0 Å². The lowest BCUT2D eigenvalue weighted by Crippen LogP contribution is -2.22. The van der Waals surface area contributed by atoms with Crippen molar-refractivity contribution in [2.45, 2.75) is 38.5 Å². The first kappa shape index (κ1) is 43.3. The number of fused-ring (bicyclic) bond motifs is 7. The molecule has 1 aliphatic rings. The van der Waals surface area contributed by atoms with Gasteiger partial charge < -0.3 is 9.32 Å². The highest BCUT2D eigenvalue weighted by atomic mass is 16.3. The summed E-state index contributed by atoms with van der Waals surface area (Å²) in [5.74, 6) is 0. The number of nitrogens with zero attached hydrogens (tertiary/aromatic N) is 1. The summed E-state index contributed by atoms with van der Waals surface area (Å²) in [5.41, 5.74) is 21.8. The highest BCUT2D eigenvalue weighted by Gasteiger charge is 2.41.